The molecule has 0 bridgehead atoms. The van der Waals surface area contributed by atoms with E-state index in [0.717, 1.165) is 12.5 Å². The molecule has 12 heavy (non-hydrogen) atoms. The Morgan fingerprint density at radius 3 is 2.92 bits per heavy atom. The molecular formula is C8H10N4. The van der Waals surface area contributed by atoms with Crippen LogP contribution < -0.4 is 0 Å². The van der Waals surface area contributed by atoms with Crippen molar-refractivity contribution >= 4 is 0 Å². The standard InChI is InChI=1S/C8H10N4/c1-2-11-6-4-10-8(11)12-5-3-9-7-12/h3-7H,2H2,1H3. The van der Waals surface area contributed by atoms with Gasteiger partial charge < -0.3 is 4.57 Å². The minimum atomic E-state index is 0.912. The first-order valence-corrected chi connectivity index (χ1v) is 3.91. The van der Waals surface area contributed by atoms with E-state index in [1.165, 1.54) is 0 Å². The largest absolute Gasteiger partial charge is 0.317 e. The van der Waals surface area contributed by atoms with Crippen LogP contribution in [0.15, 0.2) is 31.1 Å². The summed E-state index contributed by atoms with van der Waals surface area (Å²) in [5, 5.41) is 0. The van der Waals surface area contributed by atoms with Crippen molar-refractivity contribution in [1.82, 2.24) is 19.1 Å². The second-order valence-electron chi connectivity index (χ2n) is 2.48. The number of rotatable bonds is 2. The lowest BCUT2D eigenvalue weighted by molar-refractivity contribution is 0.719. The summed E-state index contributed by atoms with van der Waals surface area (Å²) < 4.78 is 3.95. The van der Waals surface area contributed by atoms with E-state index in [9.17, 15) is 0 Å². The Kier molecular flexibility index (Phi) is 1.66. The highest BCUT2D eigenvalue weighted by atomic mass is 15.2. The van der Waals surface area contributed by atoms with Gasteiger partial charge in [-0.05, 0) is 6.92 Å². The predicted molar refractivity (Wildman–Crippen MR) is 45.0 cm³/mol. The average molecular weight is 162 g/mol. The van der Waals surface area contributed by atoms with Gasteiger partial charge in [0.2, 0.25) is 5.95 Å². The van der Waals surface area contributed by atoms with Crippen LogP contribution in [0.1, 0.15) is 6.92 Å². The molecule has 0 aliphatic carbocycles. The SMILES string of the molecule is CCn1ccnc1-n1ccnc1. The number of hydrogen-bond donors (Lipinski definition) is 0. The van der Waals surface area contributed by atoms with Crippen LogP contribution >= 0.6 is 0 Å². The maximum Gasteiger partial charge on any atom is 0.215 e. The molecule has 0 amide bonds. The summed E-state index contributed by atoms with van der Waals surface area (Å²) in [6.07, 6.45) is 9.12. The lowest BCUT2D eigenvalue weighted by Crippen LogP contribution is -2.02. The van der Waals surface area contributed by atoms with Gasteiger partial charge in [0.05, 0.1) is 0 Å². The van der Waals surface area contributed by atoms with Crippen molar-refractivity contribution in [2.75, 3.05) is 0 Å². The van der Waals surface area contributed by atoms with Crippen molar-refractivity contribution in [2.45, 2.75) is 13.5 Å². The molecule has 0 radical (unpaired) electrons. The second kappa shape index (κ2) is 2.81. The van der Waals surface area contributed by atoms with Gasteiger partial charge in [-0.1, -0.05) is 0 Å². The quantitative estimate of drug-likeness (QED) is 0.662. The number of nitrogens with zero attached hydrogens (tertiary/aromatic N) is 4. The fraction of sp³-hybridized carbons (Fsp3) is 0.250. The highest BCUT2D eigenvalue weighted by molar-refractivity contribution is 5.12. The average Bonchev–Trinajstić information content (AvgIpc) is 2.74. The first kappa shape index (κ1) is 7.09. The summed E-state index contributed by atoms with van der Waals surface area (Å²) in [5.41, 5.74) is 0. The molecular weight excluding hydrogens is 152 g/mol. The van der Waals surface area contributed by atoms with Crippen LogP contribution in [-0.4, -0.2) is 19.1 Å². The van der Waals surface area contributed by atoms with E-state index in [-0.39, 0.29) is 0 Å². The highest BCUT2D eigenvalue weighted by Gasteiger charge is 2.00. The van der Waals surface area contributed by atoms with E-state index in [1.807, 2.05) is 17.0 Å². The van der Waals surface area contributed by atoms with Crippen LogP contribution in [0.3, 0.4) is 0 Å². The van der Waals surface area contributed by atoms with Crippen LogP contribution in [0.2, 0.25) is 0 Å². The Balaban J connectivity index is 2.46. The maximum atomic E-state index is 4.22. The Hall–Kier alpha value is -1.58. The molecule has 0 unspecified atom stereocenters. The third kappa shape index (κ3) is 1.01. The molecule has 2 aromatic heterocycles. The molecule has 2 heterocycles. The Morgan fingerprint density at radius 1 is 1.33 bits per heavy atom. The van der Waals surface area contributed by atoms with Gasteiger partial charge in [0.25, 0.3) is 0 Å². The molecule has 0 atom stereocenters. The third-order valence-corrected chi connectivity index (χ3v) is 1.77. The van der Waals surface area contributed by atoms with Crippen LogP contribution in [0.4, 0.5) is 0 Å². The number of hydrogen-bond acceptors (Lipinski definition) is 2. The lowest BCUT2D eigenvalue weighted by atomic mass is 10.7. The van der Waals surface area contributed by atoms with E-state index in [2.05, 4.69) is 21.5 Å². The summed E-state index contributed by atoms with van der Waals surface area (Å²) in [7, 11) is 0. The molecule has 0 fully saturated rings. The molecule has 0 aliphatic heterocycles. The van der Waals surface area contributed by atoms with Gasteiger partial charge in [-0.3, -0.25) is 4.57 Å². The Bertz CT molecular complexity index is 347. The topological polar surface area (TPSA) is 35.6 Å². The van der Waals surface area contributed by atoms with E-state index in [4.69, 9.17) is 0 Å². The molecule has 4 heteroatoms. The van der Waals surface area contributed by atoms with Crippen molar-refractivity contribution in [3.63, 3.8) is 0 Å². The van der Waals surface area contributed by atoms with E-state index in [1.54, 1.807) is 18.7 Å². The minimum absolute atomic E-state index is 0.912. The Morgan fingerprint density at radius 2 is 2.25 bits per heavy atom. The first-order chi connectivity index (χ1) is 5.92. The fourth-order valence-electron chi connectivity index (χ4n) is 1.16. The molecule has 2 aromatic rings. The van der Waals surface area contributed by atoms with Gasteiger partial charge in [0.15, 0.2) is 0 Å². The zero-order chi connectivity index (χ0) is 8.39. The van der Waals surface area contributed by atoms with Crippen LogP contribution in [0, 0.1) is 0 Å². The smallest absolute Gasteiger partial charge is 0.215 e. The first-order valence-electron chi connectivity index (χ1n) is 3.91. The number of aryl methyl sites for hydroxylation is 1. The summed E-state index contributed by atoms with van der Waals surface area (Å²) in [5.74, 6) is 0.912. The van der Waals surface area contributed by atoms with Gasteiger partial charge >= 0.3 is 0 Å². The van der Waals surface area contributed by atoms with Crippen LogP contribution in [-0.2, 0) is 6.54 Å². The van der Waals surface area contributed by atoms with Gasteiger partial charge in [0, 0.05) is 31.3 Å². The fourth-order valence-corrected chi connectivity index (χ4v) is 1.16. The summed E-state index contributed by atoms with van der Waals surface area (Å²) in [6.45, 7) is 3.01. The van der Waals surface area contributed by atoms with Gasteiger partial charge in [-0.25, -0.2) is 9.97 Å². The summed E-state index contributed by atoms with van der Waals surface area (Å²) >= 11 is 0. The zero-order valence-corrected chi connectivity index (χ0v) is 6.88. The molecule has 0 saturated carbocycles. The van der Waals surface area contributed by atoms with Crippen molar-refractivity contribution in [1.29, 1.82) is 0 Å². The van der Waals surface area contributed by atoms with E-state index < -0.39 is 0 Å². The number of imidazole rings is 2. The van der Waals surface area contributed by atoms with Gasteiger partial charge in [0.1, 0.15) is 6.33 Å². The Labute approximate surface area is 70.5 Å². The lowest BCUT2D eigenvalue weighted by Gasteiger charge is -2.03. The molecule has 62 valence electrons. The third-order valence-electron chi connectivity index (χ3n) is 1.77. The van der Waals surface area contributed by atoms with Crippen molar-refractivity contribution in [2.24, 2.45) is 0 Å². The predicted octanol–water partition coefficient (Wildman–Crippen LogP) is 1.09. The highest BCUT2D eigenvalue weighted by Crippen LogP contribution is 2.03. The molecule has 0 spiro atoms. The molecule has 0 N–H and O–H groups in total. The molecule has 4 nitrogen and oxygen atoms in total. The summed E-state index contributed by atoms with van der Waals surface area (Å²) in [6, 6.07) is 0. The monoisotopic (exact) mass is 162 g/mol. The normalized spacial score (nSPS) is 10.4. The van der Waals surface area contributed by atoms with Crippen molar-refractivity contribution < 1.29 is 0 Å². The number of aromatic nitrogens is 4. The van der Waals surface area contributed by atoms with E-state index >= 15 is 0 Å². The molecule has 2 rings (SSSR count). The van der Waals surface area contributed by atoms with Gasteiger partial charge in [-0.2, -0.15) is 0 Å². The molecule has 0 saturated heterocycles. The van der Waals surface area contributed by atoms with Crippen LogP contribution in [0.25, 0.3) is 5.95 Å². The molecule has 0 aliphatic rings. The van der Waals surface area contributed by atoms with E-state index in [0.29, 0.717) is 0 Å². The summed E-state index contributed by atoms with van der Waals surface area (Å²) in [4.78, 5) is 8.18. The van der Waals surface area contributed by atoms with Crippen LogP contribution in [0.5, 0.6) is 0 Å². The van der Waals surface area contributed by atoms with Gasteiger partial charge in [-0.15, -0.1) is 0 Å². The zero-order valence-electron chi connectivity index (χ0n) is 6.88. The second-order valence-corrected chi connectivity index (χ2v) is 2.48. The van der Waals surface area contributed by atoms with Crippen molar-refractivity contribution in [3.05, 3.63) is 31.1 Å². The molecule has 0 aromatic carbocycles. The maximum absolute atomic E-state index is 4.22. The minimum Gasteiger partial charge on any atom is -0.317 e. The van der Waals surface area contributed by atoms with Crippen molar-refractivity contribution in [3.8, 4) is 5.95 Å².